The quantitative estimate of drug-likeness (QED) is 0.739. The molecule has 25 heavy (non-hydrogen) atoms. The van der Waals surface area contributed by atoms with Gasteiger partial charge in [-0.1, -0.05) is 6.07 Å². The number of hydrogen-bond donors (Lipinski definition) is 1. The maximum Gasteiger partial charge on any atom is 0.254 e. The van der Waals surface area contributed by atoms with E-state index in [1.807, 2.05) is 0 Å². The van der Waals surface area contributed by atoms with Gasteiger partial charge in [0.1, 0.15) is 17.9 Å². The van der Waals surface area contributed by atoms with E-state index < -0.39 is 24.0 Å². The van der Waals surface area contributed by atoms with Gasteiger partial charge in [-0.2, -0.15) is 0 Å². The lowest BCUT2D eigenvalue weighted by molar-refractivity contribution is -0.162. The lowest BCUT2D eigenvalue weighted by Gasteiger charge is -2.47. The van der Waals surface area contributed by atoms with E-state index in [-0.39, 0.29) is 49.3 Å². The largest absolute Gasteiger partial charge is 0.391 e. The summed E-state index contributed by atoms with van der Waals surface area (Å²) in [6.45, 7) is 0.785. The molecule has 3 fully saturated rings. The minimum atomic E-state index is -0.736. The standard InChI is InChI=1S/C17H18FN3O4/c18-11-3-1-2-10(6-11)15(23)19-4-5-20-14(9-19)17(25)21-8-12(22)7-13(21)16(20)24/h1-3,6,12-14,22H,4-5,7-9H2. The van der Waals surface area contributed by atoms with Gasteiger partial charge in [-0.3, -0.25) is 14.4 Å². The van der Waals surface area contributed by atoms with Gasteiger partial charge in [0, 0.05) is 31.6 Å². The van der Waals surface area contributed by atoms with Crippen LogP contribution in [0.4, 0.5) is 4.39 Å². The topological polar surface area (TPSA) is 81.2 Å². The number of nitrogens with zero attached hydrogens (tertiary/aromatic N) is 3. The van der Waals surface area contributed by atoms with Gasteiger partial charge in [-0.15, -0.1) is 0 Å². The Bertz CT molecular complexity index is 755. The van der Waals surface area contributed by atoms with E-state index in [4.69, 9.17) is 0 Å². The third-order valence-corrected chi connectivity index (χ3v) is 5.15. The predicted octanol–water partition coefficient (Wildman–Crippen LogP) is -0.546. The van der Waals surface area contributed by atoms with E-state index in [1.54, 1.807) is 0 Å². The molecule has 3 amide bonds. The molecule has 8 heteroatoms. The van der Waals surface area contributed by atoms with Crippen molar-refractivity contribution in [2.24, 2.45) is 0 Å². The lowest BCUT2D eigenvalue weighted by atomic mass is 10.0. The average Bonchev–Trinajstić information content (AvgIpc) is 3.01. The second-order valence-corrected chi connectivity index (χ2v) is 6.70. The molecular weight excluding hydrogens is 329 g/mol. The van der Waals surface area contributed by atoms with Crippen LogP contribution < -0.4 is 0 Å². The zero-order chi connectivity index (χ0) is 17.7. The maximum atomic E-state index is 13.4. The summed E-state index contributed by atoms with van der Waals surface area (Å²) >= 11 is 0. The fourth-order valence-corrected chi connectivity index (χ4v) is 3.92. The third-order valence-electron chi connectivity index (χ3n) is 5.15. The molecule has 0 radical (unpaired) electrons. The summed E-state index contributed by atoms with van der Waals surface area (Å²) < 4.78 is 13.4. The van der Waals surface area contributed by atoms with Crippen molar-refractivity contribution in [2.45, 2.75) is 24.6 Å². The van der Waals surface area contributed by atoms with Crippen LogP contribution in [-0.2, 0) is 9.59 Å². The van der Waals surface area contributed by atoms with Crippen LogP contribution in [0, 0.1) is 5.82 Å². The molecule has 1 N–H and O–H groups in total. The Balaban J connectivity index is 1.55. The molecule has 0 bridgehead atoms. The molecule has 132 valence electrons. The number of amides is 3. The van der Waals surface area contributed by atoms with Gasteiger partial charge >= 0.3 is 0 Å². The highest BCUT2D eigenvalue weighted by molar-refractivity contribution is 5.99. The van der Waals surface area contributed by atoms with E-state index in [0.29, 0.717) is 6.54 Å². The molecular formula is C17H18FN3O4. The van der Waals surface area contributed by atoms with Crippen LogP contribution in [0.2, 0.25) is 0 Å². The van der Waals surface area contributed by atoms with E-state index in [0.717, 1.165) is 6.07 Å². The zero-order valence-electron chi connectivity index (χ0n) is 13.5. The number of piperazine rings is 2. The highest BCUT2D eigenvalue weighted by Gasteiger charge is 2.51. The maximum absolute atomic E-state index is 13.4. The number of halogens is 1. The summed E-state index contributed by atoms with van der Waals surface area (Å²) in [5, 5.41) is 9.78. The lowest BCUT2D eigenvalue weighted by Crippen LogP contribution is -2.69. The van der Waals surface area contributed by atoms with Crippen molar-refractivity contribution in [3.8, 4) is 0 Å². The molecule has 3 unspecified atom stereocenters. The van der Waals surface area contributed by atoms with Crippen molar-refractivity contribution in [2.75, 3.05) is 26.2 Å². The number of rotatable bonds is 1. The fourth-order valence-electron chi connectivity index (χ4n) is 3.92. The van der Waals surface area contributed by atoms with Gasteiger partial charge in [0.2, 0.25) is 11.8 Å². The Hall–Kier alpha value is -2.48. The molecule has 1 aromatic rings. The van der Waals surface area contributed by atoms with Gasteiger partial charge < -0.3 is 19.8 Å². The van der Waals surface area contributed by atoms with Gasteiger partial charge in [0.15, 0.2) is 0 Å². The summed E-state index contributed by atoms with van der Waals surface area (Å²) in [7, 11) is 0. The minimum Gasteiger partial charge on any atom is -0.391 e. The first-order chi connectivity index (χ1) is 12.0. The van der Waals surface area contributed by atoms with Gasteiger partial charge in [0.05, 0.1) is 12.6 Å². The number of benzene rings is 1. The molecule has 3 saturated heterocycles. The molecule has 4 rings (SSSR count). The third kappa shape index (κ3) is 2.57. The SMILES string of the molecule is O=C(c1cccc(F)c1)N1CCN2C(=O)C3CC(O)CN3C(=O)C2C1. The van der Waals surface area contributed by atoms with E-state index in [1.165, 1.54) is 32.9 Å². The molecule has 3 heterocycles. The average molecular weight is 347 g/mol. The van der Waals surface area contributed by atoms with Crippen molar-refractivity contribution in [3.05, 3.63) is 35.6 Å². The van der Waals surface area contributed by atoms with E-state index in [2.05, 4.69) is 0 Å². The number of hydrogen-bond acceptors (Lipinski definition) is 4. The van der Waals surface area contributed by atoms with Gasteiger partial charge in [0.25, 0.3) is 5.91 Å². The molecule has 3 aliphatic heterocycles. The van der Waals surface area contributed by atoms with E-state index in [9.17, 15) is 23.9 Å². The molecule has 3 aliphatic rings. The Morgan fingerprint density at radius 1 is 1.08 bits per heavy atom. The Kier molecular flexibility index (Phi) is 3.72. The highest BCUT2D eigenvalue weighted by Crippen LogP contribution is 2.29. The van der Waals surface area contributed by atoms with Crippen LogP contribution in [0.1, 0.15) is 16.8 Å². The van der Waals surface area contributed by atoms with Crippen LogP contribution in [0.25, 0.3) is 0 Å². The fraction of sp³-hybridized carbons (Fsp3) is 0.471. The number of aliphatic hydroxyl groups excluding tert-OH is 1. The second-order valence-electron chi connectivity index (χ2n) is 6.70. The van der Waals surface area contributed by atoms with Crippen LogP contribution in [-0.4, -0.2) is 81.9 Å². The second kappa shape index (κ2) is 5.80. The first-order valence-electron chi connectivity index (χ1n) is 8.29. The molecule has 0 aliphatic carbocycles. The molecule has 0 aromatic heterocycles. The summed E-state index contributed by atoms with van der Waals surface area (Å²) in [6.07, 6.45) is -0.427. The number of fused-ring (bicyclic) bond motifs is 2. The Morgan fingerprint density at radius 3 is 2.60 bits per heavy atom. The summed E-state index contributed by atoms with van der Waals surface area (Å²) in [6, 6.07) is 4.08. The predicted molar refractivity (Wildman–Crippen MR) is 83.9 cm³/mol. The number of carbonyl (C=O) groups is 3. The van der Waals surface area contributed by atoms with Gasteiger partial charge in [-0.05, 0) is 18.2 Å². The summed E-state index contributed by atoms with van der Waals surface area (Å²) in [5.41, 5.74) is 0.220. The first kappa shape index (κ1) is 16.0. The Morgan fingerprint density at radius 2 is 1.84 bits per heavy atom. The molecule has 0 saturated carbocycles. The number of aliphatic hydroxyl groups is 1. The van der Waals surface area contributed by atoms with Crippen molar-refractivity contribution in [1.29, 1.82) is 0 Å². The first-order valence-corrected chi connectivity index (χ1v) is 8.29. The van der Waals surface area contributed by atoms with E-state index >= 15 is 0 Å². The van der Waals surface area contributed by atoms with Crippen molar-refractivity contribution in [3.63, 3.8) is 0 Å². The monoisotopic (exact) mass is 347 g/mol. The normalized spacial score (nSPS) is 28.9. The van der Waals surface area contributed by atoms with Crippen LogP contribution in [0.15, 0.2) is 24.3 Å². The zero-order valence-corrected chi connectivity index (χ0v) is 13.5. The molecule has 0 spiro atoms. The van der Waals surface area contributed by atoms with Gasteiger partial charge in [-0.25, -0.2) is 4.39 Å². The van der Waals surface area contributed by atoms with Crippen LogP contribution in [0.3, 0.4) is 0 Å². The highest BCUT2D eigenvalue weighted by atomic mass is 19.1. The van der Waals surface area contributed by atoms with Crippen molar-refractivity contribution in [1.82, 2.24) is 14.7 Å². The summed E-state index contributed by atoms with van der Waals surface area (Å²) in [5.74, 6) is -1.26. The molecule has 3 atom stereocenters. The minimum absolute atomic E-state index is 0.0826. The van der Waals surface area contributed by atoms with Crippen LogP contribution >= 0.6 is 0 Å². The van der Waals surface area contributed by atoms with Crippen molar-refractivity contribution < 1.29 is 23.9 Å². The molecule has 7 nitrogen and oxygen atoms in total. The summed E-state index contributed by atoms with van der Waals surface area (Å²) in [4.78, 5) is 42.3. The smallest absolute Gasteiger partial charge is 0.254 e. The van der Waals surface area contributed by atoms with Crippen molar-refractivity contribution >= 4 is 17.7 Å². The number of carbonyl (C=O) groups excluding carboxylic acids is 3. The van der Waals surface area contributed by atoms with Crippen LogP contribution in [0.5, 0.6) is 0 Å². The molecule has 1 aromatic carbocycles. The Labute approximate surface area is 143 Å².